The minimum atomic E-state index is 0.103. The van der Waals surface area contributed by atoms with Crippen LogP contribution in [-0.4, -0.2) is 10.2 Å². The van der Waals surface area contributed by atoms with Gasteiger partial charge in [-0.2, -0.15) is 5.10 Å². The van der Waals surface area contributed by atoms with E-state index in [0.29, 0.717) is 5.82 Å². The number of H-pyrrole nitrogens is 1. The number of hydrogen-bond acceptors (Lipinski definition) is 2. The highest BCUT2D eigenvalue weighted by Gasteiger charge is 2.38. The lowest BCUT2D eigenvalue weighted by atomic mass is 9.76. The molecule has 0 radical (unpaired) electrons. The van der Waals surface area contributed by atoms with Crippen molar-refractivity contribution in [2.75, 3.05) is 5.73 Å². The molecule has 3 heteroatoms. The fraction of sp³-hybridized carbons (Fsp3) is 0.357. The van der Waals surface area contributed by atoms with Crippen molar-refractivity contribution in [1.82, 2.24) is 10.2 Å². The van der Waals surface area contributed by atoms with E-state index in [1.54, 1.807) is 0 Å². The van der Waals surface area contributed by atoms with Crippen LogP contribution < -0.4 is 5.73 Å². The molecule has 2 aromatic rings. The molecule has 1 saturated carbocycles. The van der Waals surface area contributed by atoms with Gasteiger partial charge in [0.2, 0.25) is 0 Å². The minimum Gasteiger partial charge on any atom is -0.382 e. The molecule has 0 unspecified atom stereocenters. The number of hydrogen-bond donors (Lipinski definition) is 2. The van der Waals surface area contributed by atoms with Crippen LogP contribution in [0.2, 0.25) is 0 Å². The molecule has 1 aliphatic rings. The van der Waals surface area contributed by atoms with Gasteiger partial charge in [-0.05, 0) is 18.4 Å². The van der Waals surface area contributed by atoms with Gasteiger partial charge >= 0.3 is 0 Å². The number of nitrogens with zero attached hydrogens (tertiary/aromatic N) is 1. The van der Waals surface area contributed by atoms with Gasteiger partial charge in [0.15, 0.2) is 0 Å². The Kier molecular flexibility index (Phi) is 2.39. The van der Waals surface area contributed by atoms with E-state index in [0.717, 1.165) is 0 Å². The number of nitrogens with two attached hydrogens (primary N) is 1. The van der Waals surface area contributed by atoms with Crippen molar-refractivity contribution in [2.45, 2.75) is 31.1 Å². The summed E-state index contributed by atoms with van der Waals surface area (Å²) >= 11 is 0. The monoisotopic (exact) mass is 227 g/mol. The van der Waals surface area contributed by atoms with Crippen molar-refractivity contribution < 1.29 is 0 Å². The summed E-state index contributed by atoms with van der Waals surface area (Å²) in [6.45, 7) is 0. The van der Waals surface area contributed by atoms with Crippen LogP contribution in [-0.2, 0) is 5.41 Å². The summed E-state index contributed by atoms with van der Waals surface area (Å²) in [6.07, 6.45) is 4.90. The molecule has 0 saturated heterocycles. The van der Waals surface area contributed by atoms with E-state index in [4.69, 9.17) is 5.73 Å². The summed E-state index contributed by atoms with van der Waals surface area (Å²) in [5, 5.41) is 7.20. The van der Waals surface area contributed by atoms with Gasteiger partial charge in [0.1, 0.15) is 5.82 Å². The Morgan fingerprint density at radius 2 is 1.82 bits per heavy atom. The first-order valence-electron chi connectivity index (χ1n) is 6.18. The van der Waals surface area contributed by atoms with Gasteiger partial charge in [-0.15, -0.1) is 0 Å². The molecule has 17 heavy (non-hydrogen) atoms. The fourth-order valence-electron chi connectivity index (χ4n) is 3.03. The van der Waals surface area contributed by atoms with Crippen molar-refractivity contribution >= 4 is 5.82 Å². The highest BCUT2D eigenvalue weighted by Crippen LogP contribution is 2.45. The van der Waals surface area contributed by atoms with Crippen molar-refractivity contribution in [1.29, 1.82) is 0 Å². The van der Waals surface area contributed by atoms with Crippen molar-refractivity contribution in [2.24, 2.45) is 0 Å². The number of nitrogen functional groups attached to an aromatic ring is 1. The Labute approximate surface area is 101 Å². The smallest absolute Gasteiger partial charge is 0.145 e. The second-order valence-electron chi connectivity index (χ2n) is 4.86. The topological polar surface area (TPSA) is 54.7 Å². The predicted molar refractivity (Wildman–Crippen MR) is 68.7 cm³/mol. The number of nitrogens with one attached hydrogen (secondary N) is 1. The van der Waals surface area contributed by atoms with Gasteiger partial charge in [-0.25, -0.2) is 0 Å². The van der Waals surface area contributed by atoms with Gasteiger partial charge in [0.05, 0.1) is 0 Å². The van der Waals surface area contributed by atoms with Gasteiger partial charge < -0.3 is 5.73 Å². The molecule has 0 amide bonds. The van der Waals surface area contributed by atoms with Crippen LogP contribution in [0.4, 0.5) is 5.82 Å². The molecule has 1 aromatic carbocycles. The lowest BCUT2D eigenvalue weighted by molar-refractivity contribution is 0.517. The Hall–Kier alpha value is -1.77. The van der Waals surface area contributed by atoms with E-state index in [1.165, 1.54) is 36.9 Å². The largest absolute Gasteiger partial charge is 0.382 e. The quantitative estimate of drug-likeness (QED) is 0.828. The summed E-state index contributed by atoms with van der Waals surface area (Å²) in [6, 6.07) is 12.7. The zero-order valence-corrected chi connectivity index (χ0v) is 9.82. The summed E-state index contributed by atoms with van der Waals surface area (Å²) in [7, 11) is 0. The lowest BCUT2D eigenvalue weighted by Gasteiger charge is -2.28. The summed E-state index contributed by atoms with van der Waals surface area (Å²) < 4.78 is 0. The Balaban J connectivity index is 2.11. The maximum atomic E-state index is 5.74. The van der Waals surface area contributed by atoms with Crippen molar-refractivity contribution in [3.05, 3.63) is 47.7 Å². The molecule has 0 aliphatic heterocycles. The zero-order chi connectivity index (χ0) is 11.7. The van der Waals surface area contributed by atoms with Gasteiger partial charge in [-0.1, -0.05) is 43.2 Å². The van der Waals surface area contributed by atoms with Crippen LogP contribution >= 0.6 is 0 Å². The molecule has 3 nitrogen and oxygen atoms in total. The summed E-state index contributed by atoms with van der Waals surface area (Å²) in [4.78, 5) is 0. The molecule has 0 atom stereocenters. The predicted octanol–water partition coefficient (Wildman–Crippen LogP) is 2.85. The minimum absolute atomic E-state index is 0.103. The van der Waals surface area contributed by atoms with Gasteiger partial charge in [0.25, 0.3) is 0 Å². The standard InChI is InChI=1S/C14H17N3/c15-13-10-12(16-17-13)14(8-4-5-9-14)11-6-2-1-3-7-11/h1-3,6-7,10H,4-5,8-9H2,(H3,15,16,17). The Morgan fingerprint density at radius 1 is 1.12 bits per heavy atom. The highest BCUT2D eigenvalue weighted by molar-refractivity contribution is 5.41. The number of rotatable bonds is 2. The lowest BCUT2D eigenvalue weighted by Crippen LogP contribution is -2.24. The van der Waals surface area contributed by atoms with E-state index in [1.807, 2.05) is 6.07 Å². The van der Waals surface area contributed by atoms with Crippen molar-refractivity contribution in [3.63, 3.8) is 0 Å². The second kappa shape index (κ2) is 3.91. The molecule has 1 aliphatic carbocycles. The van der Waals surface area contributed by atoms with E-state index in [2.05, 4.69) is 40.5 Å². The van der Waals surface area contributed by atoms with E-state index >= 15 is 0 Å². The molecule has 1 aromatic heterocycles. The normalized spacial score (nSPS) is 18.4. The molecule has 88 valence electrons. The SMILES string of the molecule is Nc1cc(C2(c3ccccc3)CCCC2)[nH]n1. The summed E-state index contributed by atoms with van der Waals surface area (Å²) in [5.74, 6) is 0.585. The van der Waals surface area contributed by atoms with Gasteiger partial charge in [-0.3, -0.25) is 5.10 Å². The van der Waals surface area contributed by atoms with E-state index < -0.39 is 0 Å². The molecule has 3 N–H and O–H groups in total. The maximum Gasteiger partial charge on any atom is 0.145 e. The highest BCUT2D eigenvalue weighted by atomic mass is 15.2. The molecular weight excluding hydrogens is 210 g/mol. The van der Waals surface area contributed by atoms with E-state index in [-0.39, 0.29) is 5.41 Å². The third kappa shape index (κ3) is 1.62. The Bertz CT molecular complexity index is 495. The number of benzene rings is 1. The van der Waals surface area contributed by atoms with Crippen LogP contribution in [0, 0.1) is 0 Å². The van der Waals surface area contributed by atoms with Crippen LogP contribution in [0.25, 0.3) is 0 Å². The van der Waals surface area contributed by atoms with Crippen molar-refractivity contribution in [3.8, 4) is 0 Å². The molecule has 1 fully saturated rings. The first kappa shape index (κ1) is 10.4. The van der Waals surface area contributed by atoms with Gasteiger partial charge in [0, 0.05) is 17.2 Å². The maximum absolute atomic E-state index is 5.74. The average Bonchev–Trinajstić information content (AvgIpc) is 2.99. The first-order chi connectivity index (χ1) is 8.31. The molecule has 0 spiro atoms. The van der Waals surface area contributed by atoms with Crippen LogP contribution in [0.15, 0.2) is 36.4 Å². The first-order valence-corrected chi connectivity index (χ1v) is 6.18. The zero-order valence-electron chi connectivity index (χ0n) is 9.82. The molecular formula is C14H17N3. The average molecular weight is 227 g/mol. The molecule has 1 heterocycles. The second-order valence-corrected chi connectivity index (χ2v) is 4.86. The number of aromatic nitrogens is 2. The Morgan fingerprint density at radius 3 is 2.41 bits per heavy atom. The third-order valence-corrected chi connectivity index (χ3v) is 3.90. The van der Waals surface area contributed by atoms with Crippen LogP contribution in [0.5, 0.6) is 0 Å². The third-order valence-electron chi connectivity index (χ3n) is 3.90. The fourth-order valence-corrected chi connectivity index (χ4v) is 3.03. The summed E-state index contributed by atoms with van der Waals surface area (Å²) in [5.41, 5.74) is 8.39. The molecule has 3 rings (SSSR count). The number of aromatic amines is 1. The number of anilines is 1. The molecule has 0 bridgehead atoms. The van der Waals surface area contributed by atoms with Crippen LogP contribution in [0.3, 0.4) is 0 Å². The van der Waals surface area contributed by atoms with E-state index in [9.17, 15) is 0 Å². The van der Waals surface area contributed by atoms with Crippen LogP contribution in [0.1, 0.15) is 36.9 Å².